The molecule has 1 aromatic heterocycles. The summed E-state index contributed by atoms with van der Waals surface area (Å²) < 4.78 is 10.8. The minimum absolute atomic E-state index is 0.300. The summed E-state index contributed by atoms with van der Waals surface area (Å²) >= 11 is 0. The highest BCUT2D eigenvalue weighted by Crippen LogP contribution is 2.21. The maximum absolute atomic E-state index is 5.64. The maximum Gasteiger partial charge on any atom is 0.119 e. The zero-order chi connectivity index (χ0) is 13.9. The van der Waals surface area contributed by atoms with Crippen LogP contribution in [0.2, 0.25) is 0 Å². The van der Waals surface area contributed by atoms with Crippen molar-refractivity contribution in [2.24, 2.45) is 0 Å². The van der Waals surface area contributed by atoms with E-state index in [2.05, 4.69) is 36.2 Å². The fourth-order valence-electron chi connectivity index (χ4n) is 2.24. The van der Waals surface area contributed by atoms with Gasteiger partial charge < -0.3 is 9.47 Å². The summed E-state index contributed by atoms with van der Waals surface area (Å²) in [6.45, 7) is 5.83. The van der Waals surface area contributed by atoms with Crippen LogP contribution in [0.25, 0.3) is 0 Å². The molecule has 4 nitrogen and oxygen atoms in total. The summed E-state index contributed by atoms with van der Waals surface area (Å²) in [7, 11) is 0. The Morgan fingerprint density at radius 3 is 2.75 bits per heavy atom. The number of nitrogens with one attached hydrogen (secondary N) is 1. The second-order valence-corrected chi connectivity index (χ2v) is 5.55. The third-order valence-electron chi connectivity index (χ3n) is 3.48. The molecule has 4 heteroatoms. The SMILES string of the molecule is CC(C)c1[nH]ncc1Cc1ccc(OC[C@H]2CO2)cc1. The largest absolute Gasteiger partial charge is 0.491 e. The summed E-state index contributed by atoms with van der Waals surface area (Å²) in [4.78, 5) is 0. The van der Waals surface area contributed by atoms with Crippen LogP contribution in [-0.2, 0) is 11.2 Å². The average Bonchev–Trinajstić information content (AvgIpc) is 3.16. The molecule has 2 aromatic rings. The lowest BCUT2D eigenvalue weighted by Crippen LogP contribution is -2.03. The molecule has 1 N–H and O–H groups in total. The molecule has 1 aromatic carbocycles. The van der Waals surface area contributed by atoms with Gasteiger partial charge >= 0.3 is 0 Å². The number of ether oxygens (including phenoxy) is 2. The van der Waals surface area contributed by atoms with Gasteiger partial charge in [-0.3, -0.25) is 5.10 Å². The highest BCUT2D eigenvalue weighted by atomic mass is 16.6. The van der Waals surface area contributed by atoms with Gasteiger partial charge in [0.1, 0.15) is 18.5 Å². The first-order valence-electron chi connectivity index (χ1n) is 7.08. The Morgan fingerprint density at radius 2 is 2.10 bits per heavy atom. The van der Waals surface area contributed by atoms with E-state index in [0.29, 0.717) is 18.6 Å². The number of aromatic nitrogens is 2. The van der Waals surface area contributed by atoms with Crippen LogP contribution in [0.5, 0.6) is 5.75 Å². The van der Waals surface area contributed by atoms with Crippen molar-refractivity contribution < 1.29 is 9.47 Å². The fraction of sp³-hybridized carbons (Fsp3) is 0.438. The van der Waals surface area contributed by atoms with Gasteiger partial charge in [-0.2, -0.15) is 5.10 Å². The van der Waals surface area contributed by atoms with Gasteiger partial charge in [0.05, 0.1) is 12.8 Å². The summed E-state index contributed by atoms with van der Waals surface area (Å²) in [5.41, 5.74) is 3.75. The van der Waals surface area contributed by atoms with Crippen molar-refractivity contribution in [2.45, 2.75) is 32.3 Å². The van der Waals surface area contributed by atoms with Gasteiger partial charge in [-0.1, -0.05) is 26.0 Å². The lowest BCUT2D eigenvalue weighted by molar-refractivity contribution is 0.263. The van der Waals surface area contributed by atoms with Gasteiger partial charge in [-0.05, 0) is 29.2 Å². The number of benzene rings is 1. The molecule has 3 rings (SSSR count). The van der Waals surface area contributed by atoms with Crippen molar-refractivity contribution in [3.05, 3.63) is 47.3 Å². The number of H-pyrrole nitrogens is 1. The maximum atomic E-state index is 5.64. The molecule has 1 aliphatic heterocycles. The lowest BCUT2D eigenvalue weighted by atomic mass is 10.0. The minimum atomic E-state index is 0.300. The normalized spacial score (nSPS) is 17.4. The Morgan fingerprint density at radius 1 is 1.35 bits per heavy atom. The standard InChI is InChI=1S/C16H20N2O2/c1-11(2)16-13(8-17-18-16)7-12-3-5-14(6-4-12)19-9-15-10-20-15/h3-6,8,11,15H,7,9-10H2,1-2H3,(H,17,18)/t15-/m0/s1. The van der Waals surface area contributed by atoms with E-state index in [-0.39, 0.29) is 0 Å². The highest BCUT2D eigenvalue weighted by molar-refractivity contribution is 5.32. The van der Waals surface area contributed by atoms with E-state index in [0.717, 1.165) is 18.8 Å². The quantitative estimate of drug-likeness (QED) is 0.823. The van der Waals surface area contributed by atoms with Gasteiger partial charge in [-0.15, -0.1) is 0 Å². The molecule has 1 fully saturated rings. The molecular weight excluding hydrogens is 252 g/mol. The van der Waals surface area contributed by atoms with E-state index in [1.54, 1.807) is 0 Å². The molecular formula is C16H20N2O2. The molecule has 0 radical (unpaired) electrons. The van der Waals surface area contributed by atoms with Crippen molar-refractivity contribution in [1.82, 2.24) is 10.2 Å². The van der Waals surface area contributed by atoms with Crippen LogP contribution < -0.4 is 4.74 Å². The first-order chi connectivity index (χ1) is 9.72. The Balaban J connectivity index is 1.63. The second kappa shape index (κ2) is 5.67. The van der Waals surface area contributed by atoms with E-state index in [9.17, 15) is 0 Å². The van der Waals surface area contributed by atoms with E-state index in [1.165, 1.54) is 16.8 Å². The summed E-state index contributed by atoms with van der Waals surface area (Å²) in [5.74, 6) is 1.37. The summed E-state index contributed by atoms with van der Waals surface area (Å²) in [6, 6.07) is 8.26. The Labute approximate surface area is 119 Å². The van der Waals surface area contributed by atoms with Crippen LogP contribution >= 0.6 is 0 Å². The van der Waals surface area contributed by atoms with E-state index < -0.39 is 0 Å². The first-order valence-corrected chi connectivity index (χ1v) is 7.08. The second-order valence-electron chi connectivity index (χ2n) is 5.55. The predicted molar refractivity (Wildman–Crippen MR) is 77.2 cm³/mol. The van der Waals surface area contributed by atoms with Crippen LogP contribution in [0, 0.1) is 0 Å². The number of aromatic amines is 1. The average molecular weight is 272 g/mol. The van der Waals surface area contributed by atoms with Crippen molar-refractivity contribution in [2.75, 3.05) is 13.2 Å². The highest BCUT2D eigenvalue weighted by Gasteiger charge is 2.22. The monoisotopic (exact) mass is 272 g/mol. The molecule has 0 saturated carbocycles. The van der Waals surface area contributed by atoms with Crippen molar-refractivity contribution in [3.8, 4) is 5.75 Å². The lowest BCUT2D eigenvalue weighted by Gasteiger charge is -2.08. The Kier molecular flexibility index (Phi) is 3.74. The number of nitrogens with zero attached hydrogens (tertiary/aromatic N) is 1. The topological polar surface area (TPSA) is 50.4 Å². The van der Waals surface area contributed by atoms with Gasteiger partial charge in [0.15, 0.2) is 0 Å². The van der Waals surface area contributed by atoms with Gasteiger partial charge in [0.2, 0.25) is 0 Å². The minimum Gasteiger partial charge on any atom is -0.491 e. The number of rotatable bonds is 6. The first kappa shape index (κ1) is 13.2. The summed E-state index contributed by atoms with van der Waals surface area (Å²) in [5, 5.41) is 7.24. The zero-order valence-corrected chi connectivity index (χ0v) is 11.9. The number of hydrogen-bond acceptors (Lipinski definition) is 3. The Bertz CT molecular complexity index is 556. The predicted octanol–water partition coefficient (Wildman–Crippen LogP) is 2.90. The molecule has 0 unspecified atom stereocenters. The van der Waals surface area contributed by atoms with Crippen LogP contribution in [0.1, 0.15) is 36.6 Å². The molecule has 0 bridgehead atoms. The molecule has 0 aliphatic carbocycles. The van der Waals surface area contributed by atoms with E-state index >= 15 is 0 Å². The molecule has 1 aliphatic rings. The number of epoxide rings is 1. The smallest absolute Gasteiger partial charge is 0.119 e. The molecule has 106 valence electrons. The summed E-state index contributed by atoms with van der Waals surface area (Å²) in [6.07, 6.45) is 3.12. The van der Waals surface area contributed by atoms with Crippen LogP contribution in [0.15, 0.2) is 30.5 Å². The third-order valence-corrected chi connectivity index (χ3v) is 3.48. The zero-order valence-electron chi connectivity index (χ0n) is 11.9. The molecule has 0 spiro atoms. The fourth-order valence-corrected chi connectivity index (χ4v) is 2.24. The molecule has 1 atom stereocenters. The van der Waals surface area contributed by atoms with Gasteiger partial charge in [-0.25, -0.2) is 0 Å². The Hall–Kier alpha value is -1.81. The van der Waals surface area contributed by atoms with Crippen LogP contribution in [-0.4, -0.2) is 29.5 Å². The van der Waals surface area contributed by atoms with Crippen molar-refractivity contribution >= 4 is 0 Å². The number of hydrogen-bond donors (Lipinski definition) is 1. The molecule has 0 amide bonds. The van der Waals surface area contributed by atoms with E-state index in [4.69, 9.17) is 9.47 Å². The molecule has 2 heterocycles. The third kappa shape index (κ3) is 3.20. The van der Waals surface area contributed by atoms with E-state index in [1.807, 2.05) is 18.3 Å². The van der Waals surface area contributed by atoms with Gasteiger partial charge in [0.25, 0.3) is 0 Å². The van der Waals surface area contributed by atoms with Crippen LogP contribution in [0.4, 0.5) is 0 Å². The van der Waals surface area contributed by atoms with Crippen molar-refractivity contribution in [3.63, 3.8) is 0 Å². The molecule has 1 saturated heterocycles. The molecule has 20 heavy (non-hydrogen) atoms. The van der Waals surface area contributed by atoms with Gasteiger partial charge in [0, 0.05) is 12.1 Å². The van der Waals surface area contributed by atoms with Crippen molar-refractivity contribution in [1.29, 1.82) is 0 Å². The van der Waals surface area contributed by atoms with Crippen LogP contribution in [0.3, 0.4) is 0 Å².